The van der Waals surface area contributed by atoms with E-state index in [-0.39, 0.29) is 17.9 Å². The second-order valence-corrected chi connectivity index (χ2v) is 8.92. The van der Waals surface area contributed by atoms with Gasteiger partial charge in [0.2, 0.25) is 5.91 Å². The van der Waals surface area contributed by atoms with Gasteiger partial charge in [-0.15, -0.1) is 0 Å². The summed E-state index contributed by atoms with van der Waals surface area (Å²) >= 11 is 0. The average Bonchev–Trinajstić information content (AvgIpc) is 3.31. The molecule has 34 heavy (non-hydrogen) atoms. The Bertz CT molecular complexity index is 1230. The third-order valence-corrected chi connectivity index (χ3v) is 6.51. The SMILES string of the molecule is CCc1cccc2c(C(CC(=O)NC(C)CC)c3cccc(OCc4ccccc4)c3)c[nH]c12. The van der Waals surface area contributed by atoms with Gasteiger partial charge in [0.05, 0.1) is 0 Å². The van der Waals surface area contributed by atoms with Crippen LogP contribution >= 0.6 is 0 Å². The van der Waals surface area contributed by atoms with Gasteiger partial charge < -0.3 is 15.0 Å². The number of fused-ring (bicyclic) bond motifs is 1. The highest BCUT2D eigenvalue weighted by Crippen LogP contribution is 2.36. The Morgan fingerprint density at radius 2 is 1.79 bits per heavy atom. The molecule has 4 heteroatoms. The van der Waals surface area contributed by atoms with Crippen molar-refractivity contribution in [2.24, 2.45) is 0 Å². The van der Waals surface area contributed by atoms with Crippen LogP contribution in [0.4, 0.5) is 0 Å². The van der Waals surface area contributed by atoms with Crippen molar-refractivity contribution in [3.63, 3.8) is 0 Å². The molecule has 0 bridgehead atoms. The summed E-state index contributed by atoms with van der Waals surface area (Å²) in [5, 5.41) is 4.32. The van der Waals surface area contributed by atoms with Crippen molar-refractivity contribution in [2.45, 2.75) is 58.6 Å². The molecular weight excluding hydrogens is 420 g/mol. The number of nitrogens with one attached hydrogen (secondary N) is 2. The fourth-order valence-electron chi connectivity index (χ4n) is 4.41. The normalized spacial score (nSPS) is 12.9. The Labute approximate surface area is 202 Å². The third-order valence-electron chi connectivity index (χ3n) is 6.51. The van der Waals surface area contributed by atoms with E-state index < -0.39 is 0 Å². The molecule has 0 fully saturated rings. The van der Waals surface area contributed by atoms with Crippen LogP contribution in [0.3, 0.4) is 0 Å². The lowest BCUT2D eigenvalue weighted by Gasteiger charge is -2.20. The Kier molecular flexibility index (Phi) is 7.69. The number of aromatic nitrogens is 1. The van der Waals surface area contributed by atoms with E-state index in [1.165, 1.54) is 10.9 Å². The second-order valence-electron chi connectivity index (χ2n) is 8.92. The molecule has 4 aromatic rings. The van der Waals surface area contributed by atoms with Gasteiger partial charge in [-0.1, -0.05) is 74.5 Å². The molecule has 0 aliphatic carbocycles. The van der Waals surface area contributed by atoms with E-state index in [0.717, 1.165) is 40.8 Å². The summed E-state index contributed by atoms with van der Waals surface area (Å²) in [4.78, 5) is 16.5. The average molecular weight is 455 g/mol. The molecular formula is C30H34N2O2. The Hall–Kier alpha value is -3.53. The number of ether oxygens (including phenoxy) is 1. The van der Waals surface area contributed by atoms with Crippen molar-refractivity contribution in [2.75, 3.05) is 0 Å². The van der Waals surface area contributed by atoms with Gasteiger partial charge in [0.25, 0.3) is 0 Å². The number of aromatic amines is 1. The van der Waals surface area contributed by atoms with E-state index in [0.29, 0.717) is 13.0 Å². The van der Waals surface area contributed by atoms with E-state index in [4.69, 9.17) is 4.74 Å². The minimum Gasteiger partial charge on any atom is -0.489 e. The predicted molar refractivity (Wildman–Crippen MR) is 139 cm³/mol. The van der Waals surface area contributed by atoms with Crippen LogP contribution in [-0.4, -0.2) is 16.9 Å². The molecule has 4 nitrogen and oxygen atoms in total. The van der Waals surface area contributed by atoms with Gasteiger partial charge in [-0.3, -0.25) is 4.79 Å². The molecule has 0 aliphatic heterocycles. The maximum atomic E-state index is 13.0. The number of aryl methyl sites for hydroxylation is 1. The first-order chi connectivity index (χ1) is 16.6. The van der Waals surface area contributed by atoms with Crippen molar-refractivity contribution in [3.05, 3.63) is 101 Å². The molecule has 0 spiro atoms. The predicted octanol–water partition coefficient (Wildman–Crippen LogP) is 6.75. The highest BCUT2D eigenvalue weighted by atomic mass is 16.5. The number of para-hydroxylation sites is 1. The van der Waals surface area contributed by atoms with Gasteiger partial charge in [-0.2, -0.15) is 0 Å². The van der Waals surface area contributed by atoms with Crippen molar-refractivity contribution < 1.29 is 9.53 Å². The highest BCUT2D eigenvalue weighted by molar-refractivity contribution is 5.88. The summed E-state index contributed by atoms with van der Waals surface area (Å²) in [5.41, 5.74) is 5.79. The van der Waals surface area contributed by atoms with Gasteiger partial charge in [0, 0.05) is 35.5 Å². The van der Waals surface area contributed by atoms with Gasteiger partial charge >= 0.3 is 0 Å². The van der Waals surface area contributed by atoms with Gasteiger partial charge in [-0.25, -0.2) is 0 Å². The number of hydrogen-bond donors (Lipinski definition) is 2. The molecule has 176 valence electrons. The lowest BCUT2D eigenvalue weighted by atomic mass is 9.87. The van der Waals surface area contributed by atoms with Crippen molar-refractivity contribution >= 4 is 16.8 Å². The van der Waals surface area contributed by atoms with E-state index >= 15 is 0 Å². The number of carbonyl (C=O) groups is 1. The van der Waals surface area contributed by atoms with Gasteiger partial charge in [0.15, 0.2) is 0 Å². The van der Waals surface area contributed by atoms with Crippen LogP contribution in [0.1, 0.15) is 61.8 Å². The maximum Gasteiger partial charge on any atom is 0.221 e. The third kappa shape index (κ3) is 5.51. The van der Waals surface area contributed by atoms with Crippen LogP contribution in [0.2, 0.25) is 0 Å². The molecule has 0 saturated heterocycles. The number of hydrogen-bond acceptors (Lipinski definition) is 2. The molecule has 0 saturated carbocycles. The van der Waals surface area contributed by atoms with E-state index in [1.54, 1.807) is 0 Å². The summed E-state index contributed by atoms with van der Waals surface area (Å²) in [6.07, 6.45) is 4.32. The topological polar surface area (TPSA) is 54.1 Å². The molecule has 2 unspecified atom stereocenters. The summed E-state index contributed by atoms with van der Waals surface area (Å²) < 4.78 is 6.10. The molecule has 1 amide bonds. The van der Waals surface area contributed by atoms with Crippen molar-refractivity contribution in [1.82, 2.24) is 10.3 Å². The Balaban J connectivity index is 1.67. The van der Waals surface area contributed by atoms with E-state index in [9.17, 15) is 4.79 Å². The van der Waals surface area contributed by atoms with Crippen molar-refractivity contribution in [3.8, 4) is 5.75 Å². The first-order valence-corrected chi connectivity index (χ1v) is 12.2. The van der Waals surface area contributed by atoms with Crippen LogP contribution in [0, 0.1) is 0 Å². The number of carbonyl (C=O) groups excluding carboxylic acids is 1. The summed E-state index contributed by atoms with van der Waals surface area (Å²) in [6.45, 7) is 6.81. The second kappa shape index (κ2) is 11.1. The Morgan fingerprint density at radius 1 is 1.00 bits per heavy atom. The smallest absolute Gasteiger partial charge is 0.221 e. The maximum absolute atomic E-state index is 13.0. The lowest BCUT2D eigenvalue weighted by Crippen LogP contribution is -2.33. The molecule has 0 aliphatic rings. The molecule has 1 aromatic heterocycles. The quantitative estimate of drug-likeness (QED) is 0.279. The fourth-order valence-corrected chi connectivity index (χ4v) is 4.41. The van der Waals surface area contributed by atoms with E-state index in [2.05, 4.69) is 72.8 Å². The van der Waals surface area contributed by atoms with Crippen LogP contribution in [0.15, 0.2) is 79.0 Å². The monoisotopic (exact) mass is 454 g/mol. The highest BCUT2D eigenvalue weighted by Gasteiger charge is 2.23. The first kappa shape index (κ1) is 23.6. The fraction of sp³-hybridized carbons (Fsp3) is 0.300. The van der Waals surface area contributed by atoms with Crippen LogP contribution in [-0.2, 0) is 17.8 Å². The van der Waals surface area contributed by atoms with Gasteiger partial charge in [-0.05, 0) is 54.2 Å². The van der Waals surface area contributed by atoms with Gasteiger partial charge in [0.1, 0.15) is 12.4 Å². The number of H-pyrrole nitrogens is 1. The standard InChI is InChI=1S/C30H34N2O2/c1-4-21(3)32-29(33)18-27(28-19-31-30-23(5-2)13-10-16-26(28)30)24-14-9-15-25(17-24)34-20-22-11-7-6-8-12-22/h6-17,19,21,27,31H,4-5,18,20H2,1-3H3,(H,32,33). The zero-order valence-corrected chi connectivity index (χ0v) is 20.3. The molecule has 0 radical (unpaired) electrons. The van der Waals surface area contributed by atoms with Crippen molar-refractivity contribution in [1.29, 1.82) is 0 Å². The Morgan fingerprint density at radius 3 is 2.56 bits per heavy atom. The summed E-state index contributed by atoms with van der Waals surface area (Å²) in [5.74, 6) is 0.795. The summed E-state index contributed by atoms with van der Waals surface area (Å²) in [7, 11) is 0. The molecule has 2 atom stereocenters. The summed E-state index contributed by atoms with van der Waals surface area (Å²) in [6, 6.07) is 24.9. The molecule has 3 aromatic carbocycles. The zero-order valence-electron chi connectivity index (χ0n) is 20.3. The van der Waals surface area contributed by atoms with Crippen LogP contribution in [0.5, 0.6) is 5.75 Å². The van der Waals surface area contributed by atoms with Crippen LogP contribution in [0.25, 0.3) is 10.9 Å². The number of rotatable bonds is 10. The van der Waals surface area contributed by atoms with Crippen LogP contribution < -0.4 is 10.1 Å². The zero-order chi connectivity index (χ0) is 23.9. The lowest BCUT2D eigenvalue weighted by molar-refractivity contribution is -0.121. The van der Waals surface area contributed by atoms with E-state index in [1.807, 2.05) is 37.3 Å². The molecule has 4 rings (SSSR count). The minimum absolute atomic E-state index is 0.0657. The minimum atomic E-state index is -0.0785. The molecule has 2 N–H and O–H groups in total. The largest absolute Gasteiger partial charge is 0.489 e. The number of amides is 1. The first-order valence-electron chi connectivity index (χ1n) is 12.2. The molecule has 1 heterocycles. The number of benzene rings is 3.